The molecule has 2 aromatic carbocycles. The van der Waals surface area contributed by atoms with Crippen LogP contribution in [0.25, 0.3) is 0 Å². The van der Waals surface area contributed by atoms with Crippen molar-refractivity contribution in [1.82, 2.24) is 5.32 Å². The molecule has 0 bridgehead atoms. The molecular weight excluding hydrogens is 444 g/mol. The third-order valence-corrected chi connectivity index (χ3v) is 7.55. The second kappa shape index (κ2) is 9.61. The predicted molar refractivity (Wildman–Crippen MR) is 125 cm³/mol. The molecular formula is C24H30N2O6S. The molecule has 0 saturated carbocycles. The Balaban J connectivity index is 1.54. The maximum Gasteiger partial charge on any atom is 0.243 e. The number of hydrogen-bond acceptors (Lipinski definition) is 6. The van der Waals surface area contributed by atoms with E-state index in [1.807, 2.05) is 18.2 Å². The van der Waals surface area contributed by atoms with Crippen molar-refractivity contribution in [3.63, 3.8) is 0 Å². The summed E-state index contributed by atoms with van der Waals surface area (Å²) in [5.41, 5.74) is 1.25. The predicted octanol–water partition coefficient (Wildman–Crippen LogP) is 2.48. The van der Waals surface area contributed by atoms with Crippen molar-refractivity contribution in [2.24, 2.45) is 0 Å². The van der Waals surface area contributed by atoms with Gasteiger partial charge in [0.05, 0.1) is 11.9 Å². The van der Waals surface area contributed by atoms with Crippen LogP contribution in [0.2, 0.25) is 0 Å². The number of rotatable bonds is 7. The number of nitrogens with one attached hydrogen (secondary N) is 1. The molecule has 1 amide bonds. The maximum absolute atomic E-state index is 13.2. The number of nitrogens with zero attached hydrogens (tertiary/aromatic N) is 1. The summed E-state index contributed by atoms with van der Waals surface area (Å²) in [6.45, 7) is 4.06. The van der Waals surface area contributed by atoms with Gasteiger partial charge < -0.3 is 19.5 Å². The van der Waals surface area contributed by atoms with Gasteiger partial charge in [-0.2, -0.15) is 0 Å². The van der Waals surface area contributed by atoms with Crippen LogP contribution >= 0.6 is 0 Å². The second-order valence-corrected chi connectivity index (χ2v) is 10.4. The zero-order valence-electron chi connectivity index (χ0n) is 19.0. The molecule has 1 N–H and O–H groups in total. The zero-order valence-corrected chi connectivity index (χ0v) is 19.8. The van der Waals surface area contributed by atoms with Crippen LogP contribution in [-0.2, 0) is 25.0 Å². The summed E-state index contributed by atoms with van der Waals surface area (Å²) >= 11 is 0. The van der Waals surface area contributed by atoms with Crippen LogP contribution in [0.15, 0.2) is 48.5 Å². The molecule has 33 heavy (non-hydrogen) atoms. The molecule has 9 heteroatoms. The van der Waals surface area contributed by atoms with Gasteiger partial charge in [0.25, 0.3) is 0 Å². The van der Waals surface area contributed by atoms with E-state index in [-0.39, 0.29) is 11.3 Å². The van der Waals surface area contributed by atoms with Crippen molar-refractivity contribution in [2.45, 2.75) is 31.2 Å². The highest BCUT2D eigenvalue weighted by molar-refractivity contribution is 7.92. The van der Waals surface area contributed by atoms with Crippen molar-refractivity contribution >= 4 is 21.6 Å². The van der Waals surface area contributed by atoms with Gasteiger partial charge in [0.1, 0.15) is 19.3 Å². The lowest BCUT2D eigenvalue weighted by Crippen LogP contribution is -2.51. The first-order valence-corrected chi connectivity index (χ1v) is 13.0. The standard InChI is InChI=1S/C24H30N2O6S/c1-18(26(33(2,28)29)20-8-9-21-22(16-20)32-15-14-31-21)23(27)25-17-24(10-12-30-13-11-24)19-6-4-3-5-7-19/h3-9,16,18H,10-15,17H2,1-2H3,(H,25,27)/t18-/m0/s1. The van der Waals surface area contributed by atoms with Crippen LogP contribution in [-0.4, -0.2) is 59.6 Å². The lowest BCUT2D eigenvalue weighted by molar-refractivity contribution is -0.122. The Morgan fingerprint density at radius 3 is 2.36 bits per heavy atom. The lowest BCUT2D eigenvalue weighted by atomic mass is 9.74. The van der Waals surface area contributed by atoms with E-state index in [9.17, 15) is 13.2 Å². The fourth-order valence-corrected chi connectivity index (χ4v) is 5.67. The van der Waals surface area contributed by atoms with E-state index in [1.54, 1.807) is 25.1 Å². The van der Waals surface area contributed by atoms with Crippen LogP contribution in [0.4, 0.5) is 5.69 Å². The first-order valence-electron chi connectivity index (χ1n) is 11.1. The second-order valence-electron chi connectivity index (χ2n) is 8.54. The number of sulfonamides is 1. The average molecular weight is 475 g/mol. The normalized spacial score (nSPS) is 18.2. The van der Waals surface area contributed by atoms with E-state index in [0.29, 0.717) is 50.2 Å². The van der Waals surface area contributed by atoms with Crippen molar-refractivity contribution in [1.29, 1.82) is 0 Å². The average Bonchev–Trinajstić information content (AvgIpc) is 2.83. The molecule has 2 aliphatic heterocycles. The smallest absolute Gasteiger partial charge is 0.243 e. The van der Waals surface area contributed by atoms with Crippen LogP contribution in [0.3, 0.4) is 0 Å². The molecule has 0 spiro atoms. The maximum atomic E-state index is 13.2. The summed E-state index contributed by atoms with van der Waals surface area (Å²) in [5.74, 6) is 0.655. The summed E-state index contributed by atoms with van der Waals surface area (Å²) in [4.78, 5) is 13.2. The van der Waals surface area contributed by atoms with Gasteiger partial charge in [0, 0.05) is 31.2 Å². The highest BCUT2D eigenvalue weighted by atomic mass is 32.2. The Bertz CT molecular complexity index is 1080. The highest BCUT2D eigenvalue weighted by Gasteiger charge is 2.36. The molecule has 0 aliphatic carbocycles. The summed E-state index contributed by atoms with van der Waals surface area (Å²) < 4.78 is 43.2. The van der Waals surface area contributed by atoms with Crippen LogP contribution in [0, 0.1) is 0 Å². The van der Waals surface area contributed by atoms with Crippen LogP contribution in [0.5, 0.6) is 11.5 Å². The van der Waals surface area contributed by atoms with E-state index in [2.05, 4.69) is 17.4 Å². The minimum Gasteiger partial charge on any atom is -0.486 e. The van der Waals surface area contributed by atoms with Crippen molar-refractivity contribution < 1.29 is 27.4 Å². The molecule has 0 unspecified atom stereocenters. The third kappa shape index (κ3) is 5.09. The minimum absolute atomic E-state index is 0.248. The van der Waals surface area contributed by atoms with Crippen molar-refractivity contribution in [3.05, 3.63) is 54.1 Å². The Hall–Kier alpha value is -2.78. The van der Waals surface area contributed by atoms with Crippen molar-refractivity contribution in [2.75, 3.05) is 43.5 Å². The molecule has 0 aromatic heterocycles. The number of benzene rings is 2. The monoisotopic (exact) mass is 474 g/mol. The Labute approximate surface area is 194 Å². The van der Waals surface area contributed by atoms with Gasteiger partial charge in [-0.3, -0.25) is 9.10 Å². The first-order chi connectivity index (χ1) is 15.8. The first kappa shape index (κ1) is 23.4. The van der Waals surface area contributed by atoms with E-state index in [0.717, 1.165) is 29.0 Å². The summed E-state index contributed by atoms with van der Waals surface area (Å²) in [7, 11) is -3.74. The van der Waals surface area contributed by atoms with Crippen LogP contribution in [0.1, 0.15) is 25.3 Å². The fraction of sp³-hybridized carbons (Fsp3) is 0.458. The number of anilines is 1. The number of ether oxygens (including phenoxy) is 3. The van der Waals surface area contributed by atoms with Gasteiger partial charge in [0.2, 0.25) is 15.9 Å². The summed E-state index contributed by atoms with van der Waals surface area (Å²) in [6.07, 6.45) is 2.66. The molecule has 2 aromatic rings. The van der Waals surface area contributed by atoms with E-state index < -0.39 is 16.1 Å². The molecule has 1 fully saturated rings. The fourth-order valence-electron chi connectivity index (χ4n) is 4.50. The third-order valence-electron chi connectivity index (χ3n) is 6.31. The Morgan fingerprint density at radius 2 is 1.70 bits per heavy atom. The van der Waals surface area contributed by atoms with Crippen LogP contribution < -0.4 is 19.1 Å². The van der Waals surface area contributed by atoms with Gasteiger partial charge in [-0.05, 0) is 37.5 Å². The number of amides is 1. The molecule has 1 atom stereocenters. The van der Waals surface area contributed by atoms with Gasteiger partial charge in [-0.1, -0.05) is 30.3 Å². The number of carbonyl (C=O) groups excluding carboxylic acids is 1. The quantitative estimate of drug-likeness (QED) is 0.663. The van der Waals surface area contributed by atoms with Gasteiger partial charge in [-0.25, -0.2) is 8.42 Å². The molecule has 4 rings (SSSR count). The number of carbonyl (C=O) groups is 1. The van der Waals surface area contributed by atoms with E-state index in [4.69, 9.17) is 14.2 Å². The van der Waals surface area contributed by atoms with Gasteiger partial charge >= 0.3 is 0 Å². The summed E-state index contributed by atoms with van der Waals surface area (Å²) in [5, 5.41) is 3.02. The molecule has 0 radical (unpaired) electrons. The molecule has 1 saturated heterocycles. The van der Waals surface area contributed by atoms with E-state index >= 15 is 0 Å². The molecule has 8 nitrogen and oxygen atoms in total. The Morgan fingerprint density at radius 1 is 1.03 bits per heavy atom. The van der Waals surface area contributed by atoms with Gasteiger partial charge in [-0.15, -0.1) is 0 Å². The lowest BCUT2D eigenvalue weighted by Gasteiger charge is -2.38. The topological polar surface area (TPSA) is 94.2 Å². The Kier molecular flexibility index (Phi) is 6.81. The highest BCUT2D eigenvalue weighted by Crippen LogP contribution is 2.36. The number of fused-ring (bicyclic) bond motifs is 1. The summed E-state index contributed by atoms with van der Waals surface area (Å²) in [6, 6.07) is 14.0. The SMILES string of the molecule is C[C@@H](C(=O)NCC1(c2ccccc2)CCOCC1)N(c1ccc2c(c1)OCCO2)S(C)(=O)=O. The van der Waals surface area contributed by atoms with Crippen molar-refractivity contribution in [3.8, 4) is 11.5 Å². The van der Waals surface area contributed by atoms with E-state index in [1.165, 1.54) is 0 Å². The number of hydrogen-bond donors (Lipinski definition) is 1. The molecule has 2 aliphatic rings. The largest absolute Gasteiger partial charge is 0.486 e. The minimum atomic E-state index is -3.74. The molecule has 178 valence electrons. The zero-order chi connectivity index (χ0) is 23.5. The molecule has 2 heterocycles. The van der Waals surface area contributed by atoms with Gasteiger partial charge in [0.15, 0.2) is 11.5 Å².